The zero-order chi connectivity index (χ0) is 10.8. The van der Waals surface area contributed by atoms with E-state index in [2.05, 4.69) is 45.2 Å². The quantitative estimate of drug-likeness (QED) is 0.774. The van der Waals surface area contributed by atoms with E-state index in [1.165, 1.54) is 16.0 Å². The minimum absolute atomic E-state index is 0.125. The van der Waals surface area contributed by atoms with E-state index in [9.17, 15) is 0 Å². The first-order chi connectivity index (χ1) is 6.42. The van der Waals surface area contributed by atoms with Gasteiger partial charge in [-0.3, -0.25) is 0 Å². The smallest absolute Gasteiger partial charge is 0.0138 e. The van der Waals surface area contributed by atoms with Crippen molar-refractivity contribution < 1.29 is 0 Å². The van der Waals surface area contributed by atoms with Crippen molar-refractivity contribution in [3.8, 4) is 0 Å². The largest absolute Gasteiger partial charge is 0.325 e. The Labute approximate surface area is 91.1 Å². The average molecular weight is 209 g/mol. The third-order valence-corrected chi connectivity index (χ3v) is 2.91. The summed E-state index contributed by atoms with van der Waals surface area (Å²) in [6, 6.07) is 6.57. The molecule has 0 aliphatic heterocycles. The van der Waals surface area contributed by atoms with Crippen LogP contribution in [0.2, 0.25) is 0 Å². The van der Waals surface area contributed by atoms with Crippen LogP contribution in [0.3, 0.4) is 0 Å². The molecule has 1 aromatic carbocycles. The second-order valence-electron chi connectivity index (χ2n) is 4.48. The van der Waals surface area contributed by atoms with Crippen molar-refractivity contribution in [2.75, 3.05) is 6.26 Å². The summed E-state index contributed by atoms with van der Waals surface area (Å²) in [5, 5.41) is 0. The summed E-state index contributed by atoms with van der Waals surface area (Å²) in [7, 11) is 0. The van der Waals surface area contributed by atoms with Gasteiger partial charge in [-0.15, -0.1) is 11.8 Å². The van der Waals surface area contributed by atoms with Crippen molar-refractivity contribution in [1.29, 1.82) is 0 Å². The van der Waals surface area contributed by atoms with Gasteiger partial charge < -0.3 is 5.73 Å². The molecule has 0 aromatic heterocycles. The molecule has 0 heterocycles. The Morgan fingerprint density at radius 1 is 1.36 bits per heavy atom. The van der Waals surface area contributed by atoms with Gasteiger partial charge in [-0.25, -0.2) is 0 Å². The molecule has 0 spiro atoms. The SMILES string of the molecule is CSc1cc(C)ccc1CC(C)(C)N. The van der Waals surface area contributed by atoms with Gasteiger partial charge in [-0.1, -0.05) is 17.7 Å². The zero-order valence-corrected chi connectivity index (χ0v) is 10.2. The maximum Gasteiger partial charge on any atom is 0.0138 e. The van der Waals surface area contributed by atoms with E-state index >= 15 is 0 Å². The molecule has 0 aliphatic carbocycles. The molecule has 0 fully saturated rings. The summed E-state index contributed by atoms with van der Waals surface area (Å²) in [6.07, 6.45) is 3.05. The molecular weight excluding hydrogens is 190 g/mol. The lowest BCUT2D eigenvalue weighted by Gasteiger charge is -2.20. The number of hydrogen-bond donors (Lipinski definition) is 1. The molecule has 1 nitrogen and oxygen atoms in total. The van der Waals surface area contributed by atoms with Crippen LogP contribution in [0.4, 0.5) is 0 Å². The van der Waals surface area contributed by atoms with Gasteiger partial charge in [-0.2, -0.15) is 0 Å². The predicted octanol–water partition coefficient (Wildman–Crippen LogP) is 3.00. The van der Waals surface area contributed by atoms with Gasteiger partial charge >= 0.3 is 0 Å². The highest BCUT2D eigenvalue weighted by atomic mass is 32.2. The molecule has 0 unspecified atom stereocenters. The van der Waals surface area contributed by atoms with Crippen LogP contribution in [-0.4, -0.2) is 11.8 Å². The van der Waals surface area contributed by atoms with Crippen LogP contribution in [-0.2, 0) is 6.42 Å². The second-order valence-corrected chi connectivity index (χ2v) is 5.33. The Kier molecular flexibility index (Phi) is 3.62. The van der Waals surface area contributed by atoms with Crippen LogP contribution in [0.15, 0.2) is 23.1 Å². The number of hydrogen-bond acceptors (Lipinski definition) is 2. The van der Waals surface area contributed by atoms with E-state index in [0.717, 1.165) is 6.42 Å². The fourth-order valence-corrected chi connectivity index (χ4v) is 2.19. The van der Waals surface area contributed by atoms with Crippen LogP contribution < -0.4 is 5.73 Å². The standard InChI is InChI=1S/C12H19NS/c1-9-5-6-10(8-12(2,3)13)11(7-9)14-4/h5-7H,8,13H2,1-4H3. The molecule has 0 aliphatic rings. The van der Waals surface area contributed by atoms with Gasteiger partial charge in [0.2, 0.25) is 0 Å². The maximum absolute atomic E-state index is 6.02. The van der Waals surface area contributed by atoms with Gasteiger partial charge in [-0.05, 0) is 45.1 Å². The Morgan fingerprint density at radius 3 is 2.50 bits per heavy atom. The zero-order valence-electron chi connectivity index (χ0n) is 9.42. The lowest BCUT2D eigenvalue weighted by atomic mass is 9.96. The number of benzene rings is 1. The molecule has 14 heavy (non-hydrogen) atoms. The number of aryl methyl sites for hydroxylation is 1. The van der Waals surface area contributed by atoms with Gasteiger partial charge in [0.1, 0.15) is 0 Å². The first-order valence-corrected chi connectivity index (χ1v) is 6.07. The van der Waals surface area contributed by atoms with Gasteiger partial charge in [0.25, 0.3) is 0 Å². The van der Waals surface area contributed by atoms with Crippen LogP contribution >= 0.6 is 11.8 Å². The van der Waals surface area contributed by atoms with Gasteiger partial charge in [0, 0.05) is 10.4 Å². The van der Waals surface area contributed by atoms with Gasteiger partial charge in [0.15, 0.2) is 0 Å². The van der Waals surface area contributed by atoms with Crippen molar-refractivity contribution in [3.63, 3.8) is 0 Å². The summed E-state index contributed by atoms with van der Waals surface area (Å²) < 4.78 is 0. The monoisotopic (exact) mass is 209 g/mol. The van der Waals surface area contributed by atoms with Crippen molar-refractivity contribution in [3.05, 3.63) is 29.3 Å². The van der Waals surface area contributed by atoms with Crippen LogP contribution in [0.5, 0.6) is 0 Å². The molecule has 0 bridgehead atoms. The Balaban J connectivity index is 2.97. The molecule has 2 N–H and O–H groups in total. The third kappa shape index (κ3) is 3.35. The van der Waals surface area contributed by atoms with E-state index in [1.807, 2.05) is 0 Å². The number of thioether (sulfide) groups is 1. The van der Waals surface area contributed by atoms with Crippen LogP contribution in [0.25, 0.3) is 0 Å². The van der Waals surface area contributed by atoms with E-state index in [4.69, 9.17) is 5.73 Å². The Bertz CT molecular complexity index is 313. The fourth-order valence-electron chi connectivity index (χ4n) is 1.49. The Hall–Kier alpha value is -0.470. The first kappa shape index (κ1) is 11.6. The van der Waals surface area contributed by atoms with Crippen molar-refractivity contribution in [2.24, 2.45) is 5.73 Å². The molecule has 0 amide bonds. The minimum atomic E-state index is -0.125. The van der Waals surface area contributed by atoms with E-state index in [1.54, 1.807) is 11.8 Å². The minimum Gasteiger partial charge on any atom is -0.325 e. The lowest BCUT2D eigenvalue weighted by molar-refractivity contribution is 0.513. The Morgan fingerprint density at radius 2 is 2.00 bits per heavy atom. The van der Waals surface area contributed by atoms with Crippen molar-refractivity contribution in [2.45, 2.75) is 37.6 Å². The molecular formula is C12H19NS. The predicted molar refractivity (Wildman–Crippen MR) is 64.9 cm³/mol. The van der Waals surface area contributed by atoms with Gasteiger partial charge in [0.05, 0.1) is 0 Å². The molecule has 2 heteroatoms. The number of nitrogens with two attached hydrogens (primary N) is 1. The molecule has 0 radical (unpaired) electrons. The van der Waals surface area contributed by atoms with Crippen LogP contribution in [0.1, 0.15) is 25.0 Å². The summed E-state index contributed by atoms with van der Waals surface area (Å²) in [5.41, 5.74) is 8.56. The third-order valence-electron chi connectivity index (χ3n) is 2.09. The summed E-state index contributed by atoms with van der Waals surface area (Å²) >= 11 is 1.79. The summed E-state index contributed by atoms with van der Waals surface area (Å²) in [4.78, 5) is 1.35. The topological polar surface area (TPSA) is 26.0 Å². The highest BCUT2D eigenvalue weighted by Gasteiger charge is 2.13. The highest BCUT2D eigenvalue weighted by Crippen LogP contribution is 2.24. The molecule has 0 saturated heterocycles. The van der Waals surface area contributed by atoms with Crippen molar-refractivity contribution >= 4 is 11.8 Å². The molecule has 78 valence electrons. The first-order valence-electron chi connectivity index (χ1n) is 4.85. The molecule has 1 rings (SSSR count). The molecule has 0 atom stereocenters. The lowest BCUT2D eigenvalue weighted by Crippen LogP contribution is -2.34. The van der Waals surface area contributed by atoms with E-state index < -0.39 is 0 Å². The fraction of sp³-hybridized carbons (Fsp3) is 0.500. The maximum atomic E-state index is 6.02. The number of rotatable bonds is 3. The van der Waals surface area contributed by atoms with E-state index in [0.29, 0.717) is 0 Å². The van der Waals surface area contributed by atoms with Crippen molar-refractivity contribution in [1.82, 2.24) is 0 Å². The normalized spacial score (nSPS) is 11.8. The highest BCUT2D eigenvalue weighted by molar-refractivity contribution is 7.98. The average Bonchev–Trinajstić information content (AvgIpc) is 2.06. The molecule has 1 aromatic rings. The molecule has 0 saturated carbocycles. The summed E-state index contributed by atoms with van der Waals surface area (Å²) in [6.45, 7) is 6.25. The second kappa shape index (κ2) is 4.37. The van der Waals surface area contributed by atoms with Crippen LogP contribution in [0, 0.1) is 6.92 Å². The summed E-state index contributed by atoms with van der Waals surface area (Å²) in [5.74, 6) is 0. The van der Waals surface area contributed by atoms with E-state index in [-0.39, 0.29) is 5.54 Å².